The van der Waals surface area contributed by atoms with Crippen molar-refractivity contribution in [2.24, 2.45) is 5.92 Å². The summed E-state index contributed by atoms with van der Waals surface area (Å²) in [7, 11) is 0. The van der Waals surface area contributed by atoms with Gasteiger partial charge in [0.2, 0.25) is 0 Å². The Bertz CT molecular complexity index is 470. The minimum absolute atomic E-state index is 0.111. The van der Waals surface area contributed by atoms with Crippen molar-refractivity contribution in [3.8, 4) is 0 Å². The number of benzene rings is 1. The maximum Gasteiger partial charge on any atom is 0.125 e. The summed E-state index contributed by atoms with van der Waals surface area (Å²) in [5, 5.41) is 3.47. The molecule has 3 heteroatoms. The monoisotopic (exact) mass is 276 g/mol. The van der Waals surface area contributed by atoms with Crippen LogP contribution in [0.2, 0.25) is 0 Å². The molecule has 2 atom stereocenters. The van der Waals surface area contributed by atoms with Crippen LogP contribution in [0.15, 0.2) is 18.2 Å². The summed E-state index contributed by atoms with van der Waals surface area (Å²) in [5.41, 5.74) is 2.12. The van der Waals surface area contributed by atoms with Gasteiger partial charge in [-0.05, 0) is 62.3 Å². The molecular formula is C17H25FN2. The number of halogens is 1. The Kier molecular flexibility index (Phi) is 3.97. The highest BCUT2D eigenvalue weighted by atomic mass is 19.1. The third-order valence-electron chi connectivity index (χ3n) is 4.82. The third kappa shape index (κ3) is 3.14. The maximum absolute atomic E-state index is 13.9. The minimum Gasteiger partial charge on any atom is -0.368 e. The summed E-state index contributed by atoms with van der Waals surface area (Å²) >= 11 is 0. The Labute approximate surface area is 121 Å². The molecule has 2 unspecified atom stereocenters. The van der Waals surface area contributed by atoms with E-state index in [-0.39, 0.29) is 5.82 Å². The van der Waals surface area contributed by atoms with Crippen molar-refractivity contribution in [3.63, 3.8) is 0 Å². The molecule has 1 heterocycles. The molecule has 1 N–H and O–H groups in total. The Morgan fingerprint density at radius 1 is 1.20 bits per heavy atom. The van der Waals surface area contributed by atoms with E-state index in [1.54, 1.807) is 12.1 Å². The second-order valence-electron chi connectivity index (χ2n) is 6.53. The van der Waals surface area contributed by atoms with E-state index in [4.69, 9.17) is 0 Å². The van der Waals surface area contributed by atoms with E-state index < -0.39 is 0 Å². The predicted molar refractivity (Wildman–Crippen MR) is 81.5 cm³/mol. The number of hydrogen-bond acceptors (Lipinski definition) is 2. The number of hydrogen-bond donors (Lipinski definition) is 1. The van der Waals surface area contributed by atoms with Crippen molar-refractivity contribution in [1.82, 2.24) is 5.32 Å². The molecule has 0 radical (unpaired) electrons. The molecule has 3 rings (SSSR count). The van der Waals surface area contributed by atoms with E-state index >= 15 is 0 Å². The Hall–Kier alpha value is -1.09. The molecule has 1 saturated heterocycles. The van der Waals surface area contributed by atoms with Gasteiger partial charge < -0.3 is 10.2 Å². The van der Waals surface area contributed by atoms with Gasteiger partial charge in [0.25, 0.3) is 0 Å². The van der Waals surface area contributed by atoms with Crippen LogP contribution in [0, 0.1) is 11.7 Å². The van der Waals surface area contributed by atoms with Crippen LogP contribution in [0.25, 0.3) is 0 Å². The molecule has 1 aliphatic carbocycles. The quantitative estimate of drug-likeness (QED) is 0.902. The Morgan fingerprint density at radius 3 is 2.75 bits per heavy atom. The smallest absolute Gasteiger partial charge is 0.125 e. The number of rotatable bonds is 4. The van der Waals surface area contributed by atoms with Crippen molar-refractivity contribution < 1.29 is 4.39 Å². The van der Waals surface area contributed by atoms with Gasteiger partial charge in [-0.1, -0.05) is 6.92 Å². The first-order valence-electron chi connectivity index (χ1n) is 7.93. The average molecular weight is 276 g/mol. The lowest BCUT2D eigenvalue weighted by Crippen LogP contribution is -2.42. The van der Waals surface area contributed by atoms with Gasteiger partial charge in [0, 0.05) is 30.9 Å². The van der Waals surface area contributed by atoms with Crippen LogP contribution in [0.3, 0.4) is 0 Å². The van der Waals surface area contributed by atoms with Crippen molar-refractivity contribution in [2.45, 2.75) is 58.2 Å². The lowest BCUT2D eigenvalue weighted by Gasteiger charge is -2.39. The second-order valence-corrected chi connectivity index (χ2v) is 6.53. The zero-order valence-corrected chi connectivity index (χ0v) is 12.5. The number of nitrogens with one attached hydrogen (secondary N) is 1. The molecule has 2 aliphatic rings. The third-order valence-corrected chi connectivity index (χ3v) is 4.82. The summed E-state index contributed by atoms with van der Waals surface area (Å²) in [4.78, 5) is 2.37. The molecule has 110 valence electrons. The van der Waals surface area contributed by atoms with Crippen molar-refractivity contribution in [3.05, 3.63) is 29.6 Å². The number of anilines is 1. The fourth-order valence-electron chi connectivity index (χ4n) is 3.15. The number of nitrogens with zero attached hydrogens (tertiary/aromatic N) is 1. The highest BCUT2D eigenvalue weighted by Gasteiger charge is 2.25. The second kappa shape index (κ2) is 5.72. The van der Waals surface area contributed by atoms with E-state index in [9.17, 15) is 4.39 Å². The summed E-state index contributed by atoms with van der Waals surface area (Å²) in [6.45, 7) is 6.39. The van der Waals surface area contributed by atoms with Crippen LogP contribution in [-0.2, 0) is 6.54 Å². The normalized spacial score (nSPS) is 26.9. The predicted octanol–water partition coefficient (Wildman–Crippen LogP) is 3.70. The van der Waals surface area contributed by atoms with Gasteiger partial charge >= 0.3 is 0 Å². The van der Waals surface area contributed by atoms with Gasteiger partial charge in [0.05, 0.1) is 0 Å². The molecule has 20 heavy (non-hydrogen) atoms. The van der Waals surface area contributed by atoms with Gasteiger partial charge in [-0.25, -0.2) is 4.39 Å². The fourth-order valence-corrected chi connectivity index (χ4v) is 3.15. The molecule has 2 nitrogen and oxygen atoms in total. The molecule has 1 aromatic rings. The van der Waals surface area contributed by atoms with E-state index in [0.717, 1.165) is 24.3 Å². The zero-order chi connectivity index (χ0) is 14.1. The highest BCUT2D eigenvalue weighted by molar-refractivity contribution is 5.50. The van der Waals surface area contributed by atoms with Crippen molar-refractivity contribution in [2.75, 3.05) is 11.4 Å². The molecular weight excluding hydrogens is 251 g/mol. The first-order chi connectivity index (χ1) is 9.63. The molecule has 0 spiro atoms. The lowest BCUT2D eigenvalue weighted by atomic mass is 9.91. The standard InChI is InChI=1S/C17H25FN2/c1-12-4-3-7-20(13(12)2)17-9-14(8-15(18)10-17)11-19-16-5-6-16/h8-10,12-13,16,19H,3-7,11H2,1-2H3. The SMILES string of the molecule is CC1CCCN(c2cc(F)cc(CNC3CC3)c2)C1C. The molecule has 0 bridgehead atoms. The molecule has 0 aromatic heterocycles. The Balaban J connectivity index is 1.76. The first kappa shape index (κ1) is 13.9. The van der Waals surface area contributed by atoms with Crippen LogP contribution in [0.5, 0.6) is 0 Å². The summed E-state index contributed by atoms with van der Waals surface area (Å²) in [6.07, 6.45) is 5.02. The molecule has 2 fully saturated rings. The number of piperidine rings is 1. The largest absolute Gasteiger partial charge is 0.368 e. The fraction of sp³-hybridized carbons (Fsp3) is 0.647. The summed E-state index contributed by atoms with van der Waals surface area (Å²) < 4.78 is 13.9. The Morgan fingerprint density at radius 2 is 2.00 bits per heavy atom. The lowest BCUT2D eigenvalue weighted by molar-refractivity contribution is 0.363. The van der Waals surface area contributed by atoms with Crippen LogP contribution in [0.1, 0.15) is 45.1 Å². The van der Waals surface area contributed by atoms with Crippen LogP contribution in [0.4, 0.5) is 10.1 Å². The summed E-state index contributed by atoms with van der Waals surface area (Å²) in [6, 6.07) is 6.67. The van der Waals surface area contributed by atoms with Gasteiger partial charge in [0.15, 0.2) is 0 Å². The minimum atomic E-state index is -0.111. The van der Waals surface area contributed by atoms with E-state index in [2.05, 4.69) is 30.1 Å². The van der Waals surface area contributed by atoms with E-state index in [1.807, 2.05) is 0 Å². The highest BCUT2D eigenvalue weighted by Crippen LogP contribution is 2.30. The zero-order valence-electron chi connectivity index (χ0n) is 12.5. The van der Waals surface area contributed by atoms with Crippen molar-refractivity contribution in [1.29, 1.82) is 0 Å². The van der Waals surface area contributed by atoms with Gasteiger partial charge in [-0.2, -0.15) is 0 Å². The van der Waals surface area contributed by atoms with Gasteiger partial charge in [-0.3, -0.25) is 0 Å². The molecule has 1 saturated carbocycles. The van der Waals surface area contributed by atoms with Gasteiger partial charge in [-0.15, -0.1) is 0 Å². The van der Waals surface area contributed by atoms with Crippen molar-refractivity contribution >= 4 is 5.69 Å². The van der Waals surface area contributed by atoms with E-state index in [1.165, 1.54) is 25.7 Å². The molecule has 0 amide bonds. The van der Waals surface area contributed by atoms with Crippen LogP contribution in [-0.4, -0.2) is 18.6 Å². The summed E-state index contributed by atoms with van der Waals surface area (Å²) in [5.74, 6) is 0.570. The van der Waals surface area contributed by atoms with Gasteiger partial charge in [0.1, 0.15) is 5.82 Å². The van der Waals surface area contributed by atoms with Crippen LogP contribution >= 0.6 is 0 Å². The van der Waals surface area contributed by atoms with E-state index in [0.29, 0.717) is 18.0 Å². The average Bonchev–Trinajstić information content (AvgIpc) is 3.23. The first-order valence-corrected chi connectivity index (χ1v) is 7.93. The van der Waals surface area contributed by atoms with Crippen LogP contribution < -0.4 is 10.2 Å². The topological polar surface area (TPSA) is 15.3 Å². The molecule has 1 aliphatic heterocycles. The maximum atomic E-state index is 13.9. The molecule has 1 aromatic carbocycles.